The smallest absolute Gasteiger partial charge is 0.243 e. The van der Waals surface area contributed by atoms with Crippen molar-refractivity contribution in [1.29, 1.82) is 0 Å². The second kappa shape index (κ2) is 7.71. The van der Waals surface area contributed by atoms with E-state index < -0.39 is 0 Å². The number of amides is 1. The molecule has 0 radical (unpaired) electrons. The lowest BCUT2D eigenvalue weighted by atomic mass is 9.93. The van der Waals surface area contributed by atoms with E-state index in [2.05, 4.69) is 35.4 Å². The fourth-order valence-electron chi connectivity index (χ4n) is 4.54. The minimum Gasteiger partial charge on any atom is -0.371 e. The standard InChI is InChI=1S/C23H27FN2O/c1-16-5-2-3-6-17(16)9-10-23(27)25-12-11-20-21-14-26(15-22(20)21)19-8-4-7-18(24)13-19/h2-4,6-10,13,16,20-22H,5,11-12,14-15H2,1H3,(H,25,27)/b10-9+/t16?,20?,21-,22+. The van der Waals surface area contributed by atoms with Gasteiger partial charge in [-0.15, -0.1) is 0 Å². The number of rotatable bonds is 6. The van der Waals surface area contributed by atoms with Crippen molar-refractivity contribution >= 4 is 11.6 Å². The van der Waals surface area contributed by atoms with Gasteiger partial charge < -0.3 is 10.2 Å². The summed E-state index contributed by atoms with van der Waals surface area (Å²) < 4.78 is 13.4. The van der Waals surface area contributed by atoms with Gasteiger partial charge in [0.1, 0.15) is 5.82 Å². The van der Waals surface area contributed by atoms with E-state index in [1.54, 1.807) is 18.2 Å². The van der Waals surface area contributed by atoms with Crippen LogP contribution >= 0.6 is 0 Å². The van der Waals surface area contributed by atoms with E-state index in [1.165, 1.54) is 11.6 Å². The highest BCUT2D eigenvalue weighted by molar-refractivity contribution is 5.87. The largest absolute Gasteiger partial charge is 0.371 e. The molecule has 4 heteroatoms. The fourth-order valence-corrected chi connectivity index (χ4v) is 4.54. The normalized spacial score (nSPS) is 29.0. The molecule has 1 N–H and O–H groups in total. The molecule has 3 aliphatic rings. The quantitative estimate of drug-likeness (QED) is 0.769. The van der Waals surface area contributed by atoms with Crippen molar-refractivity contribution in [3.8, 4) is 0 Å². The summed E-state index contributed by atoms with van der Waals surface area (Å²) in [5, 5.41) is 3.01. The average Bonchev–Trinajstić information content (AvgIpc) is 3.10. The molecule has 2 aliphatic carbocycles. The topological polar surface area (TPSA) is 32.3 Å². The lowest BCUT2D eigenvalue weighted by Gasteiger charge is -2.22. The molecule has 3 nitrogen and oxygen atoms in total. The van der Waals surface area contributed by atoms with Gasteiger partial charge in [0.25, 0.3) is 0 Å². The summed E-state index contributed by atoms with van der Waals surface area (Å²) in [6.45, 7) is 4.92. The lowest BCUT2D eigenvalue weighted by Crippen LogP contribution is -2.26. The van der Waals surface area contributed by atoms with Crippen LogP contribution in [0.5, 0.6) is 0 Å². The summed E-state index contributed by atoms with van der Waals surface area (Å²) in [4.78, 5) is 14.3. The maximum absolute atomic E-state index is 13.4. The van der Waals surface area contributed by atoms with Crippen LogP contribution in [0.15, 0.2) is 60.2 Å². The van der Waals surface area contributed by atoms with Crippen molar-refractivity contribution in [1.82, 2.24) is 5.32 Å². The number of hydrogen-bond donors (Lipinski definition) is 1. The number of carbonyl (C=O) groups is 1. The highest BCUT2D eigenvalue weighted by Crippen LogP contribution is 2.54. The Morgan fingerprint density at radius 3 is 2.89 bits per heavy atom. The third-order valence-corrected chi connectivity index (χ3v) is 6.23. The van der Waals surface area contributed by atoms with Crippen molar-refractivity contribution in [2.24, 2.45) is 23.7 Å². The van der Waals surface area contributed by atoms with Gasteiger partial charge in [-0.3, -0.25) is 4.79 Å². The van der Waals surface area contributed by atoms with E-state index in [-0.39, 0.29) is 11.7 Å². The summed E-state index contributed by atoms with van der Waals surface area (Å²) in [5.41, 5.74) is 2.20. The Morgan fingerprint density at radius 1 is 1.33 bits per heavy atom. The molecule has 1 amide bonds. The van der Waals surface area contributed by atoms with Crippen LogP contribution in [0.2, 0.25) is 0 Å². The van der Waals surface area contributed by atoms with Crippen molar-refractivity contribution < 1.29 is 9.18 Å². The Labute approximate surface area is 160 Å². The molecular weight excluding hydrogens is 339 g/mol. The Balaban J connectivity index is 1.17. The molecule has 2 unspecified atom stereocenters. The first kappa shape index (κ1) is 18.0. The van der Waals surface area contributed by atoms with Crippen LogP contribution in [0.1, 0.15) is 19.8 Å². The summed E-state index contributed by atoms with van der Waals surface area (Å²) in [6, 6.07) is 6.86. The molecule has 4 atom stereocenters. The fraction of sp³-hybridized carbons (Fsp3) is 0.435. The average molecular weight is 366 g/mol. The molecule has 4 rings (SSSR count). The lowest BCUT2D eigenvalue weighted by molar-refractivity contribution is -0.116. The van der Waals surface area contributed by atoms with Gasteiger partial charge in [-0.25, -0.2) is 4.39 Å². The number of fused-ring (bicyclic) bond motifs is 1. The number of nitrogens with zero attached hydrogens (tertiary/aromatic N) is 1. The summed E-state index contributed by atoms with van der Waals surface area (Å²) in [6.07, 6.45) is 11.9. The van der Waals surface area contributed by atoms with Crippen molar-refractivity contribution in [3.05, 3.63) is 66.0 Å². The first-order chi connectivity index (χ1) is 13.1. The Hall–Kier alpha value is -2.36. The highest BCUT2D eigenvalue weighted by Gasteiger charge is 2.54. The monoisotopic (exact) mass is 366 g/mol. The Morgan fingerprint density at radius 2 is 2.15 bits per heavy atom. The van der Waals surface area contributed by atoms with E-state index in [0.717, 1.165) is 38.2 Å². The van der Waals surface area contributed by atoms with Gasteiger partial charge in [0.05, 0.1) is 0 Å². The molecule has 0 spiro atoms. The number of piperidine rings is 1. The van der Waals surface area contributed by atoms with E-state index in [1.807, 2.05) is 12.1 Å². The van der Waals surface area contributed by atoms with Gasteiger partial charge in [-0.1, -0.05) is 37.3 Å². The number of carbonyl (C=O) groups excluding carboxylic acids is 1. The molecule has 1 heterocycles. The van der Waals surface area contributed by atoms with Gasteiger partial charge >= 0.3 is 0 Å². The predicted molar refractivity (Wildman–Crippen MR) is 107 cm³/mol. The molecule has 0 aromatic heterocycles. The maximum atomic E-state index is 13.4. The number of halogens is 1. The summed E-state index contributed by atoms with van der Waals surface area (Å²) >= 11 is 0. The molecule has 1 aromatic carbocycles. The minimum atomic E-state index is -0.171. The third kappa shape index (κ3) is 4.15. The van der Waals surface area contributed by atoms with Crippen LogP contribution < -0.4 is 10.2 Å². The molecule has 0 bridgehead atoms. The van der Waals surface area contributed by atoms with Gasteiger partial charge in [0.2, 0.25) is 5.91 Å². The van der Waals surface area contributed by atoms with Gasteiger partial charge in [0.15, 0.2) is 0 Å². The van der Waals surface area contributed by atoms with E-state index in [9.17, 15) is 9.18 Å². The molecule has 27 heavy (non-hydrogen) atoms. The number of hydrogen-bond acceptors (Lipinski definition) is 2. The van der Waals surface area contributed by atoms with Crippen LogP contribution in [0.25, 0.3) is 0 Å². The molecule has 2 fully saturated rings. The van der Waals surface area contributed by atoms with Crippen LogP contribution in [-0.2, 0) is 4.79 Å². The summed E-state index contributed by atoms with van der Waals surface area (Å²) in [7, 11) is 0. The van der Waals surface area contributed by atoms with E-state index >= 15 is 0 Å². The number of anilines is 1. The van der Waals surface area contributed by atoms with E-state index in [4.69, 9.17) is 0 Å². The van der Waals surface area contributed by atoms with Crippen molar-refractivity contribution in [3.63, 3.8) is 0 Å². The molecule has 1 saturated heterocycles. The Kier molecular flexibility index (Phi) is 5.15. The van der Waals surface area contributed by atoms with E-state index in [0.29, 0.717) is 23.7 Å². The van der Waals surface area contributed by atoms with Gasteiger partial charge in [-0.2, -0.15) is 0 Å². The molecule has 1 saturated carbocycles. The number of nitrogens with one attached hydrogen (secondary N) is 1. The zero-order chi connectivity index (χ0) is 18.8. The van der Waals surface area contributed by atoms with Crippen LogP contribution in [-0.4, -0.2) is 25.5 Å². The van der Waals surface area contributed by atoms with Crippen molar-refractivity contribution in [2.75, 3.05) is 24.5 Å². The second-order valence-electron chi connectivity index (χ2n) is 8.02. The second-order valence-corrected chi connectivity index (χ2v) is 8.02. The van der Waals surface area contributed by atoms with Crippen molar-refractivity contribution in [2.45, 2.75) is 19.8 Å². The molecule has 1 aliphatic heterocycles. The Bertz CT molecular complexity index is 785. The van der Waals surface area contributed by atoms with Crippen LogP contribution in [0.3, 0.4) is 0 Å². The first-order valence-electron chi connectivity index (χ1n) is 9.95. The van der Waals surface area contributed by atoms with Crippen LogP contribution in [0, 0.1) is 29.5 Å². The summed E-state index contributed by atoms with van der Waals surface area (Å²) in [5.74, 6) is 2.39. The maximum Gasteiger partial charge on any atom is 0.243 e. The molecular formula is C23H27FN2O. The number of allylic oxidation sites excluding steroid dienone is 5. The van der Waals surface area contributed by atoms with Crippen LogP contribution in [0.4, 0.5) is 10.1 Å². The zero-order valence-electron chi connectivity index (χ0n) is 15.8. The van der Waals surface area contributed by atoms with Gasteiger partial charge in [-0.05, 0) is 60.3 Å². The molecule has 142 valence electrons. The minimum absolute atomic E-state index is 0.00940. The SMILES string of the molecule is CC1CC=CC=C1/C=C/C(=O)NCCC1[C@H]2CN(c3cccc(F)c3)C[C@@H]12. The zero-order valence-corrected chi connectivity index (χ0v) is 15.8. The first-order valence-corrected chi connectivity index (χ1v) is 9.95. The predicted octanol–water partition coefficient (Wildman–Crippen LogP) is 4.09. The molecule has 1 aromatic rings. The third-order valence-electron chi connectivity index (χ3n) is 6.23. The highest BCUT2D eigenvalue weighted by atomic mass is 19.1. The number of benzene rings is 1. The van der Waals surface area contributed by atoms with Gasteiger partial charge in [0, 0.05) is 31.4 Å².